The summed E-state index contributed by atoms with van der Waals surface area (Å²) in [5.41, 5.74) is 5.94. The molecule has 1 atom stereocenters. The van der Waals surface area contributed by atoms with E-state index >= 15 is 0 Å². The molecule has 0 saturated heterocycles. The Morgan fingerprint density at radius 2 is 1.94 bits per heavy atom. The van der Waals surface area contributed by atoms with Gasteiger partial charge in [-0.05, 0) is 61.4 Å². The molecule has 0 spiro atoms. The maximum absolute atomic E-state index is 11.2. The van der Waals surface area contributed by atoms with Gasteiger partial charge in [0.05, 0.1) is 5.92 Å². The van der Waals surface area contributed by atoms with Crippen LogP contribution in [0.2, 0.25) is 0 Å². The second kappa shape index (κ2) is 4.36. The highest BCUT2D eigenvalue weighted by molar-refractivity contribution is 5.89. The molecule has 1 N–H and O–H groups in total. The van der Waals surface area contributed by atoms with Gasteiger partial charge in [0.25, 0.3) is 0 Å². The monoisotopic (exact) mass is 230 g/mol. The molecule has 90 valence electrons. The Balaban J connectivity index is 2.58. The Bertz CT molecular complexity index is 498. The maximum Gasteiger partial charge on any atom is 0.310 e. The third-order valence-electron chi connectivity index (χ3n) is 3.64. The van der Waals surface area contributed by atoms with Crippen LogP contribution in [0.5, 0.6) is 0 Å². The third-order valence-corrected chi connectivity index (χ3v) is 3.64. The number of aryl methyl sites for hydroxylation is 2. The fraction of sp³-hybridized carbons (Fsp3) is 0.400. The molecule has 1 aliphatic carbocycles. The minimum Gasteiger partial charge on any atom is -0.481 e. The van der Waals surface area contributed by atoms with Crippen LogP contribution in [-0.4, -0.2) is 11.1 Å². The van der Waals surface area contributed by atoms with E-state index in [-0.39, 0.29) is 0 Å². The summed E-state index contributed by atoms with van der Waals surface area (Å²) < 4.78 is 0. The van der Waals surface area contributed by atoms with Crippen LogP contribution >= 0.6 is 0 Å². The van der Waals surface area contributed by atoms with Crippen LogP contribution < -0.4 is 0 Å². The summed E-state index contributed by atoms with van der Waals surface area (Å²) >= 11 is 0. The van der Waals surface area contributed by atoms with Crippen molar-refractivity contribution >= 4 is 11.5 Å². The molecule has 1 aromatic carbocycles. The minimum atomic E-state index is -0.745. The highest BCUT2D eigenvalue weighted by Crippen LogP contribution is 2.35. The van der Waals surface area contributed by atoms with Gasteiger partial charge in [-0.25, -0.2) is 0 Å². The molecule has 0 amide bonds. The molecule has 0 aromatic heterocycles. The number of aliphatic carboxylic acids is 1. The standard InChI is InChI=1S/C15H18O2/c1-9-7-8-10(2)14-12(9)5-4-6-13(14)11(3)15(16)17/h6-8,11H,4-5H2,1-3H3,(H,16,17). The molecule has 0 heterocycles. The normalized spacial score (nSPS) is 16.1. The van der Waals surface area contributed by atoms with E-state index in [9.17, 15) is 9.90 Å². The summed E-state index contributed by atoms with van der Waals surface area (Å²) in [5.74, 6) is -1.17. The van der Waals surface area contributed by atoms with Gasteiger partial charge in [0, 0.05) is 0 Å². The van der Waals surface area contributed by atoms with Crippen molar-refractivity contribution in [3.63, 3.8) is 0 Å². The van der Waals surface area contributed by atoms with Crippen LogP contribution in [0.3, 0.4) is 0 Å². The Kier molecular flexibility index (Phi) is 3.05. The maximum atomic E-state index is 11.2. The zero-order valence-corrected chi connectivity index (χ0v) is 10.6. The number of allylic oxidation sites excluding steroid dienone is 1. The van der Waals surface area contributed by atoms with Gasteiger partial charge < -0.3 is 5.11 Å². The van der Waals surface area contributed by atoms with Gasteiger partial charge in [0.2, 0.25) is 0 Å². The van der Waals surface area contributed by atoms with Crippen LogP contribution in [0.15, 0.2) is 18.2 Å². The van der Waals surface area contributed by atoms with Crippen molar-refractivity contribution in [2.75, 3.05) is 0 Å². The number of fused-ring (bicyclic) bond motifs is 1. The lowest BCUT2D eigenvalue weighted by Gasteiger charge is -2.24. The first-order chi connectivity index (χ1) is 8.02. The van der Waals surface area contributed by atoms with Crippen LogP contribution in [0.25, 0.3) is 5.57 Å². The molecule has 2 rings (SSSR count). The first-order valence-corrected chi connectivity index (χ1v) is 6.04. The zero-order chi connectivity index (χ0) is 12.6. The first-order valence-electron chi connectivity index (χ1n) is 6.04. The summed E-state index contributed by atoms with van der Waals surface area (Å²) in [7, 11) is 0. The van der Waals surface area contributed by atoms with E-state index in [1.165, 1.54) is 22.3 Å². The zero-order valence-electron chi connectivity index (χ0n) is 10.6. The molecule has 2 heteroatoms. The van der Waals surface area contributed by atoms with Crippen molar-refractivity contribution in [2.45, 2.75) is 33.6 Å². The topological polar surface area (TPSA) is 37.3 Å². The number of carbonyl (C=O) groups is 1. The second-order valence-electron chi connectivity index (χ2n) is 4.81. The van der Waals surface area contributed by atoms with Crippen molar-refractivity contribution in [1.82, 2.24) is 0 Å². The predicted octanol–water partition coefficient (Wildman–Crippen LogP) is 3.35. The van der Waals surface area contributed by atoms with E-state index in [1.54, 1.807) is 6.92 Å². The highest BCUT2D eigenvalue weighted by Gasteiger charge is 2.24. The Hall–Kier alpha value is -1.57. The van der Waals surface area contributed by atoms with Gasteiger partial charge in [-0.3, -0.25) is 4.79 Å². The fourth-order valence-electron chi connectivity index (χ4n) is 2.59. The molecule has 0 saturated carbocycles. The molecular formula is C15H18O2. The van der Waals surface area contributed by atoms with Crippen LogP contribution in [0, 0.1) is 19.8 Å². The van der Waals surface area contributed by atoms with E-state index in [4.69, 9.17) is 0 Å². The average Bonchev–Trinajstić information content (AvgIpc) is 2.32. The summed E-state index contributed by atoms with van der Waals surface area (Å²) in [6, 6.07) is 4.21. The lowest BCUT2D eigenvalue weighted by Crippen LogP contribution is -2.16. The third kappa shape index (κ3) is 1.99. The lowest BCUT2D eigenvalue weighted by atomic mass is 9.80. The molecule has 1 unspecified atom stereocenters. The lowest BCUT2D eigenvalue weighted by molar-refractivity contribution is -0.139. The van der Waals surface area contributed by atoms with Crippen molar-refractivity contribution in [3.8, 4) is 0 Å². The number of rotatable bonds is 2. The molecule has 2 nitrogen and oxygen atoms in total. The molecule has 0 fully saturated rings. The van der Waals surface area contributed by atoms with Crippen molar-refractivity contribution in [3.05, 3.63) is 40.5 Å². The largest absolute Gasteiger partial charge is 0.481 e. The quantitative estimate of drug-likeness (QED) is 0.846. The van der Waals surface area contributed by atoms with Crippen LogP contribution in [0.4, 0.5) is 0 Å². The SMILES string of the molecule is Cc1ccc(C)c2c1CCC=C2C(C)C(=O)O. The van der Waals surface area contributed by atoms with Gasteiger partial charge in [0.1, 0.15) is 0 Å². The summed E-state index contributed by atoms with van der Waals surface area (Å²) in [6.07, 6.45) is 4.07. The first kappa shape index (κ1) is 11.9. The van der Waals surface area contributed by atoms with Gasteiger partial charge in [-0.2, -0.15) is 0 Å². The molecule has 0 bridgehead atoms. The number of hydrogen-bond donors (Lipinski definition) is 1. The van der Waals surface area contributed by atoms with E-state index in [1.807, 2.05) is 0 Å². The summed E-state index contributed by atoms with van der Waals surface area (Å²) in [6.45, 7) is 5.93. The molecule has 0 aliphatic heterocycles. The second-order valence-corrected chi connectivity index (χ2v) is 4.81. The molecule has 1 aliphatic rings. The summed E-state index contributed by atoms with van der Waals surface area (Å²) in [4.78, 5) is 11.2. The number of carboxylic acids is 1. The fourth-order valence-corrected chi connectivity index (χ4v) is 2.59. The number of benzene rings is 1. The molecular weight excluding hydrogens is 212 g/mol. The molecule has 17 heavy (non-hydrogen) atoms. The van der Waals surface area contributed by atoms with Crippen LogP contribution in [0.1, 0.15) is 35.6 Å². The van der Waals surface area contributed by atoms with Crippen LogP contribution in [-0.2, 0) is 11.2 Å². The smallest absolute Gasteiger partial charge is 0.310 e. The highest BCUT2D eigenvalue weighted by atomic mass is 16.4. The molecule has 0 radical (unpaired) electrons. The summed E-state index contributed by atoms with van der Waals surface area (Å²) in [5, 5.41) is 9.18. The van der Waals surface area contributed by atoms with E-state index in [0.717, 1.165) is 18.4 Å². The van der Waals surface area contributed by atoms with Crippen molar-refractivity contribution < 1.29 is 9.90 Å². The van der Waals surface area contributed by atoms with E-state index in [2.05, 4.69) is 32.1 Å². The molecule has 1 aromatic rings. The van der Waals surface area contributed by atoms with Gasteiger partial charge >= 0.3 is 5.97 Å². The van der Waals surface area contributed by atoms with Gasteiger partial charge in [-0.1, -0.05) is 18.2 Å². The van der Waals surface area contributed by atoms with E-state index in [0.29, 0.717) is 0 Å². The van der Waals surface area contributed by atoms with E-state index < -0.39 is 11.9 Å². The number of carboxylic acid groups (broad SMARTS) is 1. The minimum absolute atomic E-state index is 0.422. The average molecular weight is 230 g/mol. The Morgan fingerprint density at radius 1 is 1.29 bits per heavy atom. The van der Waals surface area contributed by atoms with Gasteiger partial charge in [-0.15, -0.1) is 0 Å². The Morgan fingerprint density at radius 3 is 2.59 bits per heavy atom. The van der Waals surface area contributed by atoms with Gasteiger partial charge in [0.15, 0.2) is 0 Å². The van der Waals surface area contributed by atoms with Crippen molar-refractivity contribution in [2.24, 2.45) is 5.92 Å². The number of hydrogen-bond acceptors (Lipinski definition) is 1. The predicted molar refractivity (Wildman–Crippen MR) is 69.0 cm³/mol. The Labute approximate surface area is 102 Å². The van der Waals surface area contributed by atoms with Crippen molar-refractivity contribution in [1.29, 1.82) is 0 Å².